The molecule has 0 spiro atoms. The number of hydrogen-bond donors (Lipinski definition) is 1. The Bertz CT molecular complexity index is 749. The van der Waals surface area contributed by atoms with Gasteiger partial charge in [-0.1, -0.05) is 19.3 Å². The van der Waals surface area contributed by atoms with E-state index in [2.05, 4.69) is 5.32 Å². The van der Waals surface area contributed by atoms with Crippen LogP contribution in [0.4, 0.5) is 5.69 Å². The molecule has 1 heterocycles. The number of carbonyl (C=O) groups excluding carboxylic acids is 1. The summed E-state index contributed by atoms with van der Waals surface area (Å²) in [6.07, 6.45) is 5.47. The largest absolute Gasteiger partial charge is 0.373 e. The summed E-state index contributed by atoms with van der Waals surface area (Å²) in [5.74, 6) is -0.225. The van der Waals surface area contributed by atoms with Crippen LogP contribution in [0.5, 0.6) is 0 Å². The Morgan fingerprint density at radius 3 is 2.32 bits per heavy atom. The number of hydrogen-bond acceptors (Lipinski definition) is 5. The molecule has 0 bridgehead atoms. The highest BCUT2D eigenvalue weighted by molar-refractivity contribution is 7.89. The summed E-state index contributed by atoms with van der Waals surface area (Å²) in [5.41, 5.74) is 0.555. The van der Waals surface area contributed by atoms with E-state index in [1.807, 2.05) is 13.8 Å². The van der Waals surface area contributed by atoms with Crippen LogP contribution in [0.3, 0.4) is 0 Å². The zero-order valence-electron chi connectivity index (χ0n) is 16.6. The minimum atomic E-state index is -3.58. The lowest BCUT2D eigenvalue weighted by Crippen LogP contribution is -2.48. The molecule has 2 fully saturated rings. The van der Waals surface area contributed by atoms with E-state index in [1.165, 1.54) is 22.9 Å². The van der Waals surface area contributed by atoms with Gasteiger partial charge in [-0.2, -0.15) is 4.31 Å². The number of carbonyl (C=O) groups is 1. The molecule has 1 aliphatic carbocycles. The second-order valence-electron chi connectivity index (χ2n) is 7.72. The van der Waals surface area contributed by atoms with Crippen molar-refractivity contribution in [2.45, 2.75) is 69.2 Å². The van der Waals surface area contributed by atoms with Crippen LogP contribution < -0.4 is 5.32 Å². The molecular weight excluding hydrogens is 380 g/mol. The monoisotopic (exact) mass is 410 g/mol. The number of morpholine rings is 1. The molecule has 1 aromatic carbocycles. The van der Waals surface area contributed by atoms with Crippen molar-refractivity contribution in [1.29, 1.82) is 0 Å². The summed E-state index contributed by atoms with van der Waals surface area (Å²) >= 11 is 0. The first kappa shape index (κ1) is 21.2. The van der Waals surface area contributed by atoms with Crippen molar-refractivity contribution in [3.8, 4) is 0 Å². The summed E-state index contributed by atoms with van der Waals surface area (Å²) in [4.78, 5) is 12.3. The number of nitrogens with zero attached hydrogens (tertiary/aromatic N) is 1. The van der Waals surface area contributed by atoms with Crippen molar-refractivity contribution in [3.05, 3.63) is 24.3 Å². The quantitative estimate of drug-likeness (QED) is 0.779. The Balaban J connectivity index is 1.55. The maximum Gasteiger partial charge on any atom is 0.250 e. The van der Waals surface area contributed by atoms with Crippen LogP contribution in [0.2, 0.25) is 0 Å². The minimum Gasteiger partial charge on any atom is -0.373 e. The summed E-state index contributed by atoms with van der Waals surface area (Å²) in [6, 6.07) is 6.27. The molecular formula is C20H30N2O5S. The highest BCUT2D eigenvalue weighted by Gasteiger charge is 2.32. The third-order valence-corrected chi connectivity index (χ3v) is 7.01. The molecule has 1 aliphatic heterocycles. The fourth-order valence-corrected chi connectivity index (χ4v) is 5.40. The Labute approximate surface area is 167 Å². The van der Waals surface area contributed by atoms with Gasteiger partial charge in [0.25, 0.3) is 0 Å². The zero-order valence-corrected chi connectivity index (χ0v) is 17.4. The Hall–Kier alpha value is -1.48. The molecule has 0 unspecified atom stereocenters. The number of nitrogens with one attached hydrogen (secondary N) is 1. The molecule has 3 rings (SSSR count). The number of anilines is 1. The van der Waals surface area contributed by atoms with Crippen LogP contribution in [0, 0.1) is 0 Å². The van der Waals surface area contributed by atoms with Gasteiger partial charge in [-0.3, -0.25) is 4.79 Å². The third-order valence-electron chi connectivity index (χ3n) is 5.16. The smallest absolute Gasteiger partial charge is 0.250 e. The Kier molecular flexibility index (Phi) is 7.09. The number of amides is 1. The summed E-state index contributed by atoms with van der Waals surface area (Å²) in [5, 5.41) is 2.76. The molecule has 1 saturated carbocycles. The van der Waals surface area contributed by atoms with Gasteiger partial charge in [-0.15, -0.1) is 0 Å². The molecule has 0 aromatic heterocycles. The lowest BCUT2D eigenvalue weighted by molar-refractivity contribution is -0.123. The van der Waals surface area contributed by atoms with Crippen molar-refractivity contribution in [1.82, 2.24) is 4.31 Å². The standard InChI is InChI=1S/C20H30N2O5S/c1-15-12-22(13-16(2)27-15)28(24,25)19-10-8-17(9-11-19)21-20(23)14-26-18-6-4-3-5-7-18/h8-11,15-16,18H,3-7,12-14H2,1-2H3,(H,21,23)/t15-,16-/m1/s1. The topological polar surface area (TPSA) is 84.9 Å². The third kappa shape index (κ3) is 5.53. The van der Waals surface area contributed by atoms with E-state index in [1.54, 1.807) is 12.1 Å². The first-order chi connectivity index (χ1) is 13.3. The predicted molar refractivity (Wildman–Crippen MR) is 107 cm³/mol. The van der Waals surface area contributed by atoms with Gasteiger partial charge in [0.2, 0.25) is 15.9 Å². The number of ether oxygens (including phenoxy) is 2. The van der Waals surface area contributed by atoms with E-state index in [0.29, 0.717) is 18.8 Å². The van der Waals surface area contributed by atoms with Crippen LogP contribution in [-0.2, 0) is 24.3 Å². The molecule has 8 heteroatoms. The van der Waals surface area contributed by atoms with Gasteiger partial charge in [0.15, 0.2) is 0 Å². The van der Waals surface area contributed by atoms with E-state index in [4.69, 9.17) is 9.47 Å². The number of benzene rings is 1. The van der Waals surface area contributed by atoms with E-state index in [9.17, 15) is 13.2 Å². The molecule has 7 nitrogen and oxygen atoms in total. The first-order valence-corrected chi connectivity index (χ1v) is 11.5. The lowest BCUT2D eigenvalue weighted by Gasteiger charge is -2.34. The van der Waals surface area contributed by atoms with Crippen LogP contribution in [0.1, 0.15) is 46.0 Å². The summed E-state index contributed by atoms with van der Waals surface area (Å²) in [7, 11) is -3.58. The maximum atomic E-state index is 12.9. The summed E-state index contributed by atoms with van der Waals surface area (Å²) in [6.45, 7) is 4.43. The van der Waals surface area contributed by atoms with Crippen LogP contribution in [0.15, 0.2) is 29.2 Å². The Morgan fingerprint density at radius 2 is 1.71 bits per heavy atom. The average molecular weight is 411 g/mol. The van der Waals surface area contributed by atoms with Gasteiger partial charge < -0.3 is 14.8 Å². The van der Waals surface area contributed by atoms with Gasteiger partial charge in [-0.25, -0.2) is 8.42 Å². The molecule has 2 aliphatic rings. The molecule has 156 valence electrons. The second kappa shape index (κ2) is 9.35. The van der Waals surface area contributed by atoms with Crippen LogP contribution in [-0.4, -0.2) is 56.6 Å². The highest BCUT2D eigenvalue weighted by atomic mass is 32.2. The second-order valence-corrected chi connectivity index (χ2v) is 9.66. The van der Waals surface area contributed by atoms with Gasteiger partial charge in [0, 0.05) is 18.8 Å². The highest BCUT2D eigenvalue weighted by Crippen LogP contribution is 2.23. The van der Waals surface area contributed by atoms with Crippen molar-refractivity contribution in [2.75, 3.05) is 25.0 Å². The average Bonchev–Trinajstić information content (AvgIpc) is 2.67. The maximum absolute atomic E-state index is 12.9. The van der Waals surface area contributed by atoms with Crippen molar-refractivity contribution < 1.29 is 22.7 Å². The van der Waals surface area contributed by atoms with Crippen LogP contribution >= 0.6 is 0 Å². The molecule has 28 heavy (non-hydrogen) atoms. The van der Waals surface area contributed by atoms with E-state index < -0.39 is 10.0 Å². The van der Waals surface area contributed by atoms with Crippen molar-refractivity contribution in [2.24, 2.45) is 0 Å². The van der Waals surface area contributed by atoms with Gasteiger partial charge >= 0.3 is 0 Å². The fourth-order valence-electron chi connectivity index (χ4n) is 3.81. The number of rotatable bonds is 6. The molecule has 1 aromatic rings. The Morgan fingerprint density at radius 1 is 1.11 bits per heavy atom. The van der Waals surface area contributed by atoms with Gasteiger partial charge in [0.1, 0.15) is 6.61 Å². The first-order valence-electron chi connectivity index (χ1n) is 10.0. The van der Waals surface area contributed by atoms with E-state index in [0.717, 1.165) is 25.7 Å². The molecule has 1 saturated heterocycles. The lowest BCUT2D eigenvalue weighted by atomic mass is 9.98. The zero-order chi connectivity index (χ0) is 20.1. The number of sulfonamides is 1. The predicted octanol–water partition coefficient (Wildman–Crippen LogP) is 2.77. The molecule has 1 N–H and O–H groups in total. The normalized spacial score (nSPS) is 24.8. The van der Waals surface area contributed by atoms with Crippen molar-refractivity contribution in [3.63, 3.8) is 0 Å². The SMILES string of the molecule is C[C@@H]1CN(S(=O)(=O)c2ccc(NC(=O)COC3CCCCC3)cc2)C[C@@H](C)O1. The fraction of sp³-hybridized carbons (Fsp3) is 0.650. The van der Waals surface area contributed by atoms with Gasteiger partial charge in [0.05, 0.1) is 23.2 Å². The molecule has 0 radical (unpaired) electrons. The van der Waals surface area contributed by atoms with E-state index >= 15 is 0 Å². The summed E-state index contributed by atoms with van der Waals surface area (Å²) < 4.78 is 38.4. The van der Waals surface area contributed by atoms with Crippen LogP contribution in [0.25, 0.3) is 0 Å². The van der Waals surface area contributed by atoms with Crippen molar-refractivity contribution >= 4 is 21.6 Å². The molecule has 1 amide bonds. The molecule has 2 atom stereocenters. The minimum absolute atomic E-state index is 0.0221. The van der Waals surface area contributed by atoms with Gasteiger partial charge in [-0.05, 0) is 51.0 Å². The van der Waals surface area contributed by atoms with E-state index in [-0.39, 0.29) is 35.7 Å².